The van der Waals surface area contributed by atoms with Crippen molar-refractivity contribution in [2.75, 3.05) is 19.8 Å². The topological polar surface area (TPSA) is 12.5 Å². The molecule has 0 aromatic heterocycles. The lowest BCUT2D eigenvalue weighted by Gasteiger charge is -2.33. The number of nitrogens with zero attached hydrogens (tertiary/aromatic N) is 1. The summed E-state index contributed by atoms with van der Waals surface area (Å²) in [5.74, 6) is 0. The predicted octanol–water partition coefficient (Wildman–Crippen LogP) is 0.869. The molecule has 0 N–H and O–H groups in total. The molecule has 58 valence electrons. The highest BCUT2D eigenvalue weighted by Crippen LogP contribution is 2.27. The van der Waals surface area contributed by atoms with Crippen LogP contribution in [-0.2, 0) is 4.74 Å². The van der Waals surface area contributed by atoms with Crippen LogP contribution in [0.5, 0.6) is 0 Å². The number of likely N-dealkylation sites (N-methyl/N-ethyl adjacent to an activating group) is 1. The molecule has 0 aromatic carbocycles. The quantitative estimate of drug-likeness (QED) is 0.537. The molecule has 2 atom stereocenters. The van der Waals surface area contributed by atoms with Gasteiger partial charge >= 0.3 is 0 Å². The molecule has 0 aromatic rings. The van der Waals surface area contributed by atoms with E-state index in [4.69, 9.17) is 4.74 Å². The third-order valence-corrected chi connectivity index (χ3v) is 2.76. The average molecular weight is 141 g/mol. The smallest absolute Gasteiger partial charge is 0.0622 e. The molecule has 0 aliphatic carbocycles. The standard InChI is InChI=1S/C8H15NO/c1-2-9-7-3-4-8(9)6-10-5-7/h7-8H,2-6H2,1H3. The van der Waals surface area contributed by atoms with Crippen molar-refractivity contribution < 1.29 is 4.74 Å². The summed E-state index contributed by atoms with van der Waals surface area (Å²) in [5, 5.41) is 0. The molecule has 2 heteroatoms. The van der Waals surface area contributed by atoms with Crippen LogP contribution in [0.15, 0.2) is 0 Å². The molecule has 2 unspecified atom stereocenters. The van der Waals surface area contributed by atoms with Crippen molar-refractivity contribution in [2.24, 2.45) is 0 Å². The average Bonchev–Trinajstić information content (AvgIpc) is 2.19. The van der Waals surface area contributed by atoms with Gasteiger partial charge in [0.1, 0.15) is 0 Å². The zero-order chi connectivity index (χ0) is 6.97. The van der Waals surface area contributed by atoms with Gasteiger partial charge in [0.05, 0.1) is 13.2 Å². The van der Waals surface area contributed by atoms with E-state index in [0.29, 0.717) is 0 Å². The first-order valence-corrected chi connectivity index (χ1v) is 4.25. The summed E-state index contributed by atoms with van der Waals surface area (Å²) < 4.78 is 5.45. The van der Waals surface area contributed by atoms with Gasteiger partial charge in [-0.3, -0.25) is 4.90 Å². The summed E-state index contributed by atoms with van der Waals surface area (Å²) >= 11 is 0. The maximum Gasteiger partial charge on any atom is 0.0622 e. The van der Waals surface area contributed by atoms with Crippen LogP contribution in [-0.4, -0.2) is 36.7 Å². The number of rotatable bonds is 1. The second-order valence-electron chi connectivity index (χ2n) is 3.25. The van der Waals surface area contributed by atoms with Crippen molar-refractivity contribution >= 4 is 0 Å². The Kier molecular flexibility index (Phi) is 1.66. The van der Waals surface area contributed by atoms with E-state index in [9.17, 15) is 0 Å². The second-order valence-corrected chi connectivity index (χ2v) is 3.25. The van der Waals surface area contributed by atoms with Crippen LogP contribution in [0, 0.1) is 0 Å². The molecule has 10 heavy (non-hydrogen) atoms. The molecule has 2 aliphatic rings. The van der Waals surface area contributed by atoms with E-state index in [1.165, 1.54) is 19.4 Å². The van der Waals surface area contributed by atoms with Crippen molar-refractivity contribution in [3.8, 4) is 0 Å². The first kappa shape index (κ1) is 6.62. The van der Waals surface area contributed by atoms with Gasteiger partial charge in [0.2, 0.25) is 0 Å². The van der Waals surface area contributed by atoms with Gasteiger partial charge in [0, 0.05) is 12.1 Å². The van der Waals surface area contributed by atoms with E-state index in [1.54, 1.807) is 0 Å². The molecule has 2 aliphatic heterocycles. The van der Waals surface area contributed by atoms with Crippen LogP contribution in [0.4, 0.5) is 0 Å². The molecular formula is C8H15NO. The number of hydrogen-bond donors (Lipinski definition) is 0. The van der Waals surface area contributed by atoms with Gasteiger partial charge in [0.15, 0.2) is 0 Å². The maximum absolute atomic E-state index is 5.45. The van der Waals surface area contributed by atoms with Crippen LogP contribution < -0.4 is 0 Å². The Morgan fingerprint density at radius 1 is 1.30 bits per heavy atom. The number of hydrogen-bond acceptors (Lipinski definition) is 2. The molecule has 2 heterocycles. The third kappa shape index (κ3) is 0.867. The normalized spacial score (nSPS) is 40.5. The van der Waals surface area contributed by atoms with Crippen LogP contribution >= 0.6 is 0 Å². The largest absolute Gasteiger partial charge is 0.378 e. The zero-order valence-electron chi connectivity index (χ0n) is 6.55. The Hall–Kier alpha value is -0.0800. The highest BCUT2D eigenvalue weighted by atomic mass is 16.5. The second kappa shape index (κ2) is 2.51. The summed E-state index contributed by atoms with van der Waals surface area (Å²) in [7, 11) is 0. The Morgan fingerprint density at radius 3 is 2.30 bits per heavy atom. The Bertz CT molecular complexity index is 110. The summed E-state index contributed by atoms with van der Waals surface area (Å²) in [6.45, 7) is 5.41. The first-order chi connectivity index (χ1) is 4.92. The molecule has 2 bridgehead atoms. The fourth-order valence-electron chi connectivity index (χ4n) is 2.23. The fraction of sp³-hybridized carbons (Fsp3) is 1.00. The van der Waals surface area contributed by atoms with E-state index in [0.717, 1.165) is 25.3 Å². The minimum absolute atomic E-state index is 0.753. The lowest BCUT2D eigenvalue weighted by molar-refractivity contribution is -0.0116. The predicted molar refractivity (Wildman–Crippen MR) is 40.0 cm³/mol. The Labute approximate surface area is 62.2 Å². The van der Waals surface area contributed by atoms with Gasteiger partial charge in [-0.05, 0) is 19.4 Å². The van der Waals surface area contributed by atoms with E-state index < -0.39 is 0 Å². The van der Waals surface area contributed by atoms with Crippen molar-refractivity contribution in [1.82, 2.24) is 4.90 Å². The molecule has 2 nitrogen and oxygen atoms in total. The van der Waals surface area contributed by atoms with Gasteiger partial charge in [0.25, 0.3) is 0 Å². The van der Waals surface area contributed by atoms with Crippen molar-refractivity contribution in [3.63, 3.8) is 0 Å². The Balaban J connectivity index is 2.06. The minimum Gasteiger partial charge on any atom is -0.378 e. The van der Waals surface area contributed by atoms with Gasteiger partial charge in [-0.2, -0.15) is 0 Å². The molecule has 0 saturated carbocycles. The number of fused-ring (bicyclic) bond motifs is 2. The van der Waals surface area contributed by atoms with E-state index >= 15 is 0 Å². The van der Waals surface area contributed by atoms with Crippen LogP contribution in [0.1, 0.15) is 19.8 Å². The highest BCUT2D eigenvalue weighted by molar-refractivity contribution is 4.89. The van der Waals surface area contributed by atoms with Crippen molar-refractivity contribution in [3.05, 3.63) is 0 Å². The van der Waals surface area contributed by atoms with Gasteiger partial charge in [-0.15, -0.1) is 0 Å². The monoisotopic (exact) mass is 141 g/mol. The molecule has 2 rings (SSSR count). The molecular weight excluding hydrogens is 126 g/mol. The first-order valence-electron chi connectivity index (χ1n) is 4.25. The molecule has 0 radical (unpaired) electrons. The zero-order valence-corrected chi connectivity index (χ0v) is 6.55. The molecule has 2 saturated heterocycles. The molecule has 0 spiro atoms. The minimum atomic E-state index is 0.753. The van der Waals surface area contributed by atoms with Gasteiger partial charge in [-0.25, -0.2) is 0 Å². The maximum atomic E-state index is 5.45. The van der Waals surface area contributed by atoms with Crippen LogP contribution in [0.25, 0.3) is 0 Å². The van der Waals surface area contributed by atoms with Crippen LogP contribution in [0.2, 0.25) is 0 Å². The van der Waals surface area contributed by atoms with E-state index in [1.807, 2.05) is 0 Å². The lowest BCUT2D eigenvalue weighted by atomic mass is 10.2. The van der Waals surface area contributed by atoms with Crippen LogP contribution in [0.3, 0.4) is 0 Å². The number of ether oxygens (including phenoxy) is 1. The fourth-order valence-corrected chi connectivity index (χ4v) is 2.23. The summed E-state index contributed by atoms with van der Waals surface area (Å²) in [5.41, 5.74) is 0. The highest BCUT2D eigenvalue weighted by Gasteiger charge is 2.35. The SMILES string of the molecule is CCN1C2CCC1COC2. The van der Waals surface area contributed by atoms with E-state index in [-0.39, 0.29) is 0 Å². The summed E-state index contributed by atoms with van der Waals surface area (Å²) in [6, 6.07) is 1.51. The Morgan fingerprint density at radius 2 is 1.90 bits per heavy atom. The lowest BCUT2D eigenvalue weighted by Crippen LogP contribution is -2.45. The van der Waals surface area contributed by atoms with E-state index in [2.05, 4.69) is 11.8 Å². The molecule has 0 amide bonds. The van der Waals surface area contributed by atoms with Crippen molar-refractivity contribution in [1.29, 1.82) is 0 Å². The third-order valence-electron chi connectivity index (χ3n) is 2.76. The summed E-state index contributed by atoms with van der Waals surface area (Å²) in [4.78, 5) is 2.59. The van der Waals surface area contributed by atoms with Gasteiger partial charge in [-0.1, -0.05) is 6.92 Å². The van der Waals surface area contributed by atoms with Gasteiger partial charge < -0.3 is 4.74 Å². The summed E-state index contributed by atoms with van der Waals surface area (Å²) in [6.07, 6.45) is 2.72. The molecule has 2 fully saturated rings. The number of morpholine rings is 1. The van der Waals surface area contributed by atoms with Crippen molar-refractivity contribution in [2.45, 2.75) is 31.8 Å².